The third-order valence-corrected chi connectivity index (χ3v) is 4.28. The molecule has 0 unspecified atom stereocenters. The monoisotopic (exact) mass is 321 g/mol. The number of fused-ring (bicyclic) bond motifs is 1. The van der Waals surface area contributed by atoms with E-state index in [1.54, 1.807) is 6.21 Å². The maximum atomic E-state index is 12.0. The number of hydrogen-bond acceptors (Lipinski definition) is 3. The van der Waals surface area contributed by atoms with Gasteiger partial charge in [0.15, 0.2) is 0 Å². The summed E-state index contributed by atoms with van der Waals surface area (Å²) in [5.74, 6) is 0.429. The molecule has 0 fully saturated rings. The first kappa shape index (κ1) is 16.4. The molecule has 1 amide bonds. The minimum absolute atomic E-state index is 0.0853. The van der Waals surface area contributed by atoms with Gasteiger partial charge < -0.3 is 0 Å². The number of benzene rings is 2. The predicted molar refractivity (Wildman–Crippen MR) is 96.8 cm³/mol. The fourth-order valence-electron chi connectivity index (χ4n) is 2.90. The Kier molecular flexibility index (Phi) is 5.06. The van der Waals surface area contributed by atoms with Crippen molar-refractivity contribution in [1.82, 2.24) is 10.3 Å². The van der Waals surface area contributed by atoms with Crippen LogP contribution in [0.3, 0.4) is 0 Å². The third-order valence-electron chi connectivity index (χ3n) is 4.28. The summed E-state index contributed by atoms with van der Waals surface area (Å²) in [6.07, 6.45) is 1.68. The van der Waals surface area contributed by atoms with Crippen molar-refractivity contribution >= 4 is 12.1 Å². The minimum atomic E-state index is -0.0853. The molecule has 124 valence electrons. The largest absolute Gasteiger partial charge is 0.286 e. The number of hydrazone groups is 1. The van der Waals surface area contributed by atoms with E-state index in [1.165, 1.54) is 16.7 Å². The zero-order chi connectivity index (χ0) is 16.9. The van der Waals surface area contributed by atoms with Crippen LogP contribution in [0.5, 0.6) is 0 Å². The molecule has 1 heterocycles. The van der Waals surface area contributed by atoms with E-state index in [-0.39, 0.29) is 5.91 Å². The summed E-state index contributed by atoms with van der Waals surface area (Å²) in [4.78, 5) is 14.1. The lowest BCUT2D eigenvalue weighted by Gasteiger charge is -2.12. The van der Waals surface area contributed by atoms with E-state index < -0.39 is 0 Å². The van der Waals surface area contributed by atoms with Crippen molar-refractivity contribution in [1.29, 1.82) is 0 Å². The Labute approximate surface area is 143 Å². The molecule has 0 radical (unpaired) electrons. The molecule has 4 heteroatoms. The second-order valence-electron chi connectivity index (χ2n) is 6.53. The molecular formula is C20H23N3O. The van der Waals surface area contributed by atoms with E-state index in [9.17, 15) is 4.79 Å². The molecule has 0 spiro atoms. The summed E-state index contributed by atoms with van der Waals surface area (Å²) >= 11 is 0. The van der Waals surface area contributed by atoms with Crippen LogP contribution in [0.15, 0.2) is 53.6 Å². The van der Waals surface area contributed by atoms with Crippen molar-refractivity contribution in [3.63, 3.8) is 0 Å². The number of hydrogen-bond donors (Lipinski definition) is 1. The van der Waals surface area contributed by atoms with Gasteiger partial charge in [-0.25, -0.2) is 5.43 Å². The van der Waals surface area contributed by atoms with E-state index >= 15 is 0 Å². The van der Waals surface area contributed by atoms with E-state index in [0.29, 0.717) is 12.5 Å². The van der Waals surface area contributed by atoms with E-state index in [2.05, 4.69) is 53.5 Å². The normalized spacial score (nSPS) is 14.3. The molecule has 1 N–H and O–H groups in total. The van der Waals surface area contributed by atoms with Crippen molar-refractivity contribution in [2.45, 2.75) is 32.9 Å². The Balaban J connectivity index is 1.47. The number of nitrogens with zero attached hydrogens (tertiary/aromatic N) is 2. The van der Waals surface area contributed by atoms with Gasteiger partial charge in [0.1, 0.15) is 0 Å². The highest BCUT2D eigenvalue weighted by Crippen LogP contribution is 2.21. The number of carbonyl (C=O) groups excluding carboxylic acids is 1. The second-order valence-corrected chi connectivity index (χ2v) is 6.53. The molecule has 2 aromatic rings. The lowest BCUT2D eigenvalue weighted by atomic mass is 10.0. The number of rotatable bonds is 5. The highest BCUT2D eigenvalue weighted by molar-refractivity contribution is 5.83. The zero-order valence-electron chi connectivity index (χ0n) is 14.2. The van der Waals surface area contributed by atoms with Crippen molar-refractivity contribution in [3.8, 4) is 0 Å². The standard InChI is InChI=1S/C20H23N3O/c1-15(2)17-9-7-16(8-10-17)11-21-22-20(24)14-23-12-18-5-3-4-6-19(18)13-23/h3-11,15H,12-14H2,1-2H3,(H,22,24)/b21-11-. The predicted octanol–water partition coefficient (Wildman–Crippen LogP) is 3.28. The fourth-order valence-corrected chi connectivity index (χ4v) is 2.90. The van der Waals surface area contributed by atoms with Gasteiger partial charge in [0, 0.05) is 13.1 Å². The van der Waals surface area contributed by atoms with Crippen LogP contribution in [-0.4, -0.2) is 23.6 Å². The smallest absolute Gasteiger partial charge is 0.254 e. The van der Waals surface area contributed by atoms with Crippen molar-refractivity contribution in [2.24, 2.45) is 5.10 Å². The molecule has 0 saturated carbocycles. The Morgan fingerprint density at radius 3 is 2.33 bits per heavy atom. The average molecular weight is 321 g/mol. The maximum Gasteiger partial charge on any atom is 0.254 e. The van der Waals surface area contributed by atoms with Gasteiger partial charge >= 0.3 is 0 Å². The Morgan fingerprint density at radius 1 is 1.12 bits per heavy atom. The van der Waals surface area contributed by atoms with Gasteiger partial charge in [0.2, 0.25) is 0 Å². The molecule has 0 aliphatic carbocycles. The van der Waals surface area contributed by atoms with Crippen LogP contribution in [-0.2, 0) is 17.9 Å². The van der Waals surface area contributed by atoms with E-state index in [4.69, 9.17) is 0 Å². The molecule has 0 aromatic heterocycles. The summed E-state index contributed by atoms with van der Waals surface area (Å²) in [7, 11) is 0. The highest BCUT2D eigenvalue weighted by Gasteiger charge is 2.19. The summed E-state index contributed by atoms with van der Waals surface area (Å²) in [6, 6.07) is 16.5. The number of amides is 1. The van der Waals surface area contributed by atoms with E-state index in [1.807, 2.05) is 24.3 Å². The minimum Gasteiger partial charge on any atom is -0.286 e. The van der Waals surface area contributed by atoms with Crippen LogP contribution in [0, 0.1) is 0 Å². The molecule has 4 nitrogen and oxygen atoms in total. The quantitative estimate of drug-likeness (QED) is 0.678. The van der Waals surface area contributed by atoms with Gasteiger partial charge in [-0.1, -0.05) is 62.4 Å². The molecule has 0 bridgehead atoms. The van der Waals surface area contributed by atoms with Gasteiger partial charge in [-0.2, -0.15) is 5.10 Å². The maximum absolute atomic E-state index is 12.0. The van der Waals surface area contributed by atoms with Crippen LogP contribution in [0.2, 0.25) is 0 Å². The van der Waals surface area contributed by atoms with E-state index in [0.717, 1.165) is 18.7 Å². The van der Waals surface area contributed by atoms with Gasteiger partial charge in [-0.05, 0) is 28.2 Å². The average Bonchev–Trinajstić information content (AvgIpc) is 2.97. The van der Waals surface area contributed by atoms with Gasteiger partial charge in [0.05, 0.1) is 12.8 Å². The number of nitrogens with one attached hydrogen (secondary N) is 1. The Morgan fingerprint density at radius 2 is 1.75 bits per heavy atom. The summed E-state index contributed by atoms with van der Waals surface area (Å²) in [5.41, 5.74) is 7.50. The summed E-state index contributed by atoms with van der Waals surface area (Å²) in [5, 5.41) is 4.06. The first-order valence-electron chi connectivity index (χ1n) is 8.33. The topological polar surface area (TPSA) is 44.7 Å². The van der Waals surface area contributed by atoms with Crippen LogP contribution in [0.25, 0.3) is 0 Å². The first-order chi connectivity index (χ1) is 11.6. The van der Waals surface area contributed by atoms with Gasteiger partial charge in [0.25, 0.3) is 5.91 Å². The second kappa shape index (κ2) is 7.41. The molecule has 2 aromatic carbocycles. The van der Waals surface area contributed by atoms with Crippen LogP contribution in [0.4, 0.5) is 0 Å². The molecule has 0 atom stereocenters. The molecule has 24 heavy (non-hydrogen) atoms. The van der Waals surface area contributed by atoms with Gasteiger partial charge in [-0.3, -0.25) is 9.69 Å². The van der Waals surface area contributed by atoms with Crippen LogP contribution < -0.4 is 5.43 Å². The Hall–Kier alpha value is -2.46. The number of carbonyl (C=O) groups is 1. The van der Waals surface area contributed by atoms with Crippen molar-refractivity contribution in [3.05, 3.63) is 70.8 Å². The zero-order valence-corrected chi connectivity index (χ0v) is 14.2. The van der Waals surface area contributed by atoms with Gasteiger partial charge in [-0.15, -0.1) is 0 Å². The Bertz CT molecular complexity index is 710. The van der Waals surface area contributed by atoms with Crippen molar-refractivity contribution in [2.75, 3.05) is 6.54 Å². The summed E-state index contributed by atoms with van der Waals surface area (Å²) in [6.45, 7) is 6.34. The lowest BCUT2D eigenvalue weighted by Crippen LogP contribution is -2.32. The lowest BCUT2D eigenvalue weighted by molar-refractivity contribution is -0.122. The molecule has 1 aliphatic heterocycles. The fraction of sp³-hybridized carbons (Fsp3) is 0.300. The molecule has 1 aliphatic rings. The molecular weight excluding hydrogens is 298 g/mol. The van der Waals surface area contributed by atoms with Crippen LogP contribution >= 0.6 is 0 Å². The van der Waals surface area contributed by atoms with Crippen LogP contribution in [0.1, 0.15) is 42.0 Å². The SMILES string of the molecule is CC(C)c1ccc(/C=N\NC(=O)CN2Cc3ccccc3C2)cc1. The summed E-state index contributed by atoms with van der Waals surface area (Å²) < 4.78 is 0. The molecule has 3 rings (SSSR count). The van der Waals surface area contributed by atoms with Crippen molar-refractivity contribution < 1.29 is 4.79 Å². The molecule has 0 saturated heterocycles. The first-order valence-corrected chi connectivity index (χ1v) is 8.33. The highest BCUT2D eigenvalue weighted by atomic mass is 16.2. The third kappa shape index (κ3) is 4.09.